The first-order valence-electron chi connectivity index (χ1n) is 25.6. The zero-order chi connectivity index (χ0) is 51.3. The van der Waals surface area contributed by atoms with E-state index in [0.29, 0.717) is 33.7 Å². The van der Waals surface area contributed by atoms with E-state index in [1.807, 2.05) is 122 Å². The summed E-state index contributed by atoms with van der Waals surface area (Å²) < 4.78 is 29.5. The number of benzene rings is 9. The predicted octanol–water partition coefficient (Wildman–Crippen LogP) is 17.5. The number of fused-ring (bicyclic) bond motifs is 1. The molecule has 0 aliphatic carbocycles. The first-order valence-corrected chi connectivity index (χ1v) is 24.1. The van der Waals surface area contributed by atoms with Crippen molar-refractivity contribution in [2.45, 2.75) is 46.9 Å². The number of imidazole rings is 1. The number of para-hydroxylation sites is 1. The minimum atomic E-state index is -2.55. The standard InChI is InChI=1S/C67H54N3O.Pt/c1-43-36-45(3)65(71)58(37-43)66-69-64-57(25-17-27-62(64)70(66)61-33-32-52(38-44(61)2)63-56(50-22-14-9-15-23-50)24-16-26-59(63)67(4,5)6)54-39-53(47-20-12-8-13-21-47)40-55(41-54)60-42-51(34-35-68-60)49-30-28-48(29-31-49)46-18-10-7-11-19-46;/h7-40,42,71H,1-6H3;/q-1;/i2D3;. The summed E-state index contributed by atoms with van der Waals surface area (Å²) in [5.41, 5.74) is 18.3. The summed E-state index contributed by atoms with van der Waals surface area (Å²) in [7, 11) is 0. The molecule has 0 atom stereocenters. The van der Waals surface area contributed by atoms with Gasteiger partial charge >= 0.3 is 0 Å². The van der Waals surface area contributed by atoms with Gasteiger partial charge in [-0.15, -0.1) is 23.8 Å². The van der Waals surface area contributed by atoms with Crippen LogP contribution in [0.4, 0.5) is 0 Å². The number of aromatic nitrogens is 3. The number of phenolic OH excluding ortho intramolecular Hbond substituents is 1. The van der Waals surface area contributed by atoms with Crippen molar-refractivity contribution in [1.82, 2.24) is 14.5 Å². The molecule has 11 rings (SSSR count). The number of phenols is 1. The van der Waals surface area contributed by atoms with Gasteiger partial charge < -0.3 is 5.11 Å². The van der Waals surface area contributed by atoms with Gasteiger partial charge in [0.2, 0.25) is 0 Å². The Morgan fingerprint density at radius 3 is 1.79 bits per heavy atom. The molecule has 0 saturated heterocycles. The third-order valence-electron chi connectivity index (χ3n) is 13.5. The average Bonchev–Trinajstić information content (AvgIpc) is 3.82. The second-order valence-corrected chi connectivity index (χ2v) is 19.4. The molecule has 354 valence electrons. The van der Waals surface area contributed by atoms with Crippen molar-refractivity contribution in [3.8, 4) is 101 Å². The van der Waals surface area contributed by atoms with Crippen LogP contribution in [-0.2, 0) is 26.5 Å². The number of hydrogen-bond donors (Lipinski definition) is 1. The Balaban J connectivity index is 0.00000641. The van der Waals surface area contributed by atoms with E-state index in [-0.39, 0.29) is 37.8 Å². The summed E-state index contributed by atoms with van der Waals surface area (Å²) in [4.78, 5) is 10.4. The van der Waals surface area contributed by atoms with E-state index in [1.165, 1.54) is 0 Å². The van der Waals surface area contributed by atoms with Gasteiger partial charge in [0, 0.05) is 37.1 Å². The van der Waals surface area contributed by atoms with E-state index < -0.39 is 6.85 Å². The van der Waals surface area contributed by atoms with Crippen molar-refractivity contribution >= 4 is 11.0 Å². The van der Waals surface area contributed by atoms with Crippen LogP contribution in [-0.4, -0.2) is 19.6 Å². The maximum absolute atomic E-state index is 11.9. The molecule has 2 heterocycles. The van der Waals surface area contributed by atoms with Crippen LogP contribution in [0.2, 0.25) is 0 Å². The van der Waals surface area contributed by atoms with E-state index in [4.69, 9.17) is 9.97 Å². The molecule has 0 unspecified atom stereocenters. The molecule has 0 amide bonds. The Hall–Kier alpha value is -7.91. The van der Waals surface area contributed by atoms with Crippen molar-refractivity contribution in [3.05, 3.63) is 241 Å². The number of hydrogen-bond acceptors (Lipinski definition) is 3. The van der Waals surface area contributed by atoms with Crippen LogP contribution in [0.3, 0.4) is 0 Å². The summed E-state index contributed by atoms with van der Waals surface area (Å²) in [6.07, 6.45) is 1.85. The molecule has 0 aliphatic heterocycles. The van der Waals surface area contributed by atoms with Crippen molar-refractivity contribution in [3.63, 3.8) is 0 Å². The Labute approximate surface area is 441 Å². The van der Waals surface area contributed by atoms with Gasteiger partial charge in [-0.05, 0) is 129 Å². The fourth-order valence-electron chi connectivity index (χ4n) is 10.00. The van der Waals surface area contributed by atoms with Crippen LogP contribution < -0.4 is 0 Å². The molecule has 2 aromatic heterocycles. The zero-order valence-corrected chi connectivity index (χ0v) is 43.1. The van der Waals surface area contributed by atoms with Crippen LogP contribution in [0.15, 0.2) is 212 Å². The van der Waals surface area contributed by atoms with Gasteiger partial charge in [0.25, 0.3) is 0 Å². The Kier molecular flexibility index (Phi) is 12.1. The van der Waals surface area contributed by atoms with Gasteiger partial charge in [-0.1, -0.05) is 201 Å². The molecular weight excluding hydrogens is 1060 g/mol. The third-order valence-corrected chi connectivity index (χ3v) is 13.5. The molecule has 5 heteroatoms. The number of pyridine rings is 1. The Morgan fingerprint density at radius 1 is 0.514 bits per heavy atom. The minimum absolute atomic E-state index is 0. The Bertz CT molecular complexity index is 3880. The summed E-state index contributed by atoms with van der Waals surface area (Å²) >= 11 is 0. The van der Waals surface area contributed by atoms with Crippen LogP contribution in [0.25, 0.3) is 106 Å². The maximum atomic E-state index is 11.9. The summed E-state index contributed by atoms with van der Waals surface area (Å²) in [6, 6.07) is 73.7. The number of aryl methyl sites for hydroxylation is 3. The van der Waals surface area contributed by atoms with Crippen LogP contribution in [0.5, 0.6) is 5.75 Å². The van der Waals surface area contributed by atoms with Crippen LogP contribution in [0.1, 0.15) is 47.1 Å². The minimum Gasteiger partial charge on any atom is -0.507 e. The van der Waals surface area contributed by atoms with Crippen molar-refractivity contribution < 1.29 is 30.3 Å². The summed E-state index contributed by atoms with van der Waals surface area (Å²) in [6.45, 7) is 7.87. The normalized spacial score (nSPS) is 12.2. The molecule has 9 aromatic carbocycles. The topological polar surface area (TPSA) is 50.9 Å². The second kappa shape index (κ2) is 19.7. The van der Waals surface area contributed by atoms with E-state index in [1.54, 1.807) is 0 Å². The maximum Gasteiger partial charge on any atom is 0.148 e. The summed E-state index contributed by atoms with van der Waals surface area (Å²) in [5, 5.41) is 11.9. The molecular formula is C67H54N3OPt-. The molecule has 0 saturated carbocycles. The fraction of sp³-hybridized carbons (Fsp3) is 0.104. The first kappa shape index (κ1) is 44.1. The van der Waals surface area contributed by atoms with E-state index in [2.05, 4.69) is 136 Å². The van der Waals surface area contributed by atoms with E-state index in [0.717, 1.165) is 89.1 Å². The molecule has 0 radical (unpaired) electrons. The van der Waals surface area contributed by atoms with E-state index >= 15 is 0 Å². The van der Waals surface area contributed by atoms with Gasteiger partial charge in [-0.3, -0.25) is 9.55 Å². The van der Waals surface area contributed by atoms with Crippen molar-refractivity contribution in [1.29, 1.82) is 0 Å². The second-order valence-electron chi connectivity index (χ2n) is 19.4. The SMILES string of the molecule is [2H]C([2H])([2H])c1cc(-c2c(-c3ccccc3)cccc2C(C)(C)C)ccc1-n1c(-c2cc(C)cc(C)c2O)nc2c(-c3[c-]c(-c4cc(-c5ccc(-c6ccccc6)cc5)ccn4)cc(-c4ccccc4)c3)cccc21.[Pt]. The smallest absolute Gasteiger partial charge is 0.148 e. The molecule has 1 N–H and O–H groups in total. The van der Waals surface area contributed by atoms with Gasteiger partial charge in [0.15, 0.2) is 0 Å². The van der Waals surface area contributed by atoms with Crippen LogP contribution in [0, 0.1) is 26.8 Å². The molecule has 0 aliphatic rings. The third kappa shape index (κ3) is 9.15. The molecule has 4 nitrogen and oxygen atoms in total. The summed E-state index contributed by atoms with van der Waals surface area (Å²) in [5.74, 6) is 0.495. The molecule has 0 spiro atoms. The largest absolute Gasteiger partial charge is 0.507 e. The van der Waals surface area contributed by atoms with Crippen molar-refractivity contribution in [2.75, 3.05) is 0 Å². The van der Waals surface area contributed by atoms with Gasteiger partial charge in [-0.2, -0.15) is 0 Å². The molecule has 0 bridgehead atoms. The first-order chi connectivity index (χ1) is 35.7. The fourth-order valence-corrected chi connectivity index (χ4v) is 10.00. The number of nitrogens with zero attached hydrogens (tertiary/aromatic N) is 3. The van der Waals surface area contributed by atoms with Crippen molar-refractivity contribution in [2.24, 2.45) is 0 Å². The number of aromatic hydroxyl groups is 1. The van der Waals surface area contributed by atoms with E-state index in [9.17, 15) is 9.22 Å². The van der Waals surface area contributed by atoms with Gasteiger partial charge in [0.1, 0.15) is 11.6 Å². The molecule has 11 aromatic rings. The molecule has 72 heavy (non-hydrogen) atoms. The predicted molar refractivity (Wildman–Crippen MR) is 296 cm³/mol. The Morgan fingerprint density at radius 2 is 1.11 bits per heavy atom. The quantitative estimate of drug-likeness (QED) is 0.147. The number of rotatable bonds is 9. The van der Waals surface area contributed by atoms with Crippen LogP contribution >= 0.6 is 0 Å². The zero-order valence-electron chi connectivity index (χ0n) is 43.8. The average molecular weight is 1120 g/mol. The monoisotopic (exact) mass is 1110 g/mol. The molecule has 0 fully saturated rings. The van der Waals surface area contributed by atoms with Gasteiger partial charge in [0.05, 0.1) is 22.3 Å². The van der Waals surface area contributed by atoms with Gasteiger partial charge in [-0.25, -0.2) is 4.98 Å².